The van der Waals surface area contributed by atoms with Gasteiger partial charge in [-0.25, -0.2) is 0 Å². The topological polar surface area (TPSA) is 55.2 Å². The number of rotatable bonds is 4. The highest BCUT2D eigenvalue weighted by atomic mass is 35.5. The molecule has 0 aliphatic carbocycles. The normalized spacial score (nSPS) is 10.2. The van der Waals surface area contributed by atoms with E-state index in [1.807, 2.05) is 31.2 Å². The number of hydrogen-bond acceptors (Lipinski definition) is 3. The van der Waals surface area contributed by atoms with Crippen LogP contribution in [-0.2, 0) is 6.54 Å². The van der Waals surface area contributed by atoms with Crippen molar-refractivity contribution in [1.29, 1.82) is 0 Å². The Balaban J connectivity index is 2.12. The molecule has 98 valence electrons. The van der Waals surface area contributed by atoms with Gasteiger partial charge in [0.1, 0.15) is 0 Å². The molecule has 4 nitrogen and oxygen atoms in total. The number of anilines is 1. The van der Waals surface area contributed by atoms with E-state index in [4.69, 9.17) is 11.6 Å². The summed E-state index contributed by atoms with van der Waals surface area (Å²) in [5, 5.41) is 14.6. The van der Waals surface area contributed by atoms with Gasteiger partial charge in [-0.1, -0.05) is 29.8 Å². The van der Waals surface area contributed by atoms with Crippen LogP contribution in [0.3, 0.4) is 0 Å². The van der Waals surface area contributed by atoms with Crippen LogP contribution in [0, 0.1) is 17.0 Å². The number of nitrogens with zero attached hydrogens (tertiary/aromatic N) is 1. The number of halogens is 1. The van der Waals surface area contributed by atoms with Crippen molar-refractivity contribution in [3.05, 3.63) is 68.7 Å². The zero-order chi connectivity index (χ0) is 13.8. The molecule has 0 atom stereocenters. The number of benzene rings is 2. The zero-order valence-corrected chi connectivity index (χ0v) is 11.1. The smallest absolute Gasteiger partial charge is 0.269 e. The molecule has 0 amide bonds. The maximum Gasteiger partial charge on any atom is 0.269 e. The van der Waals surface area contributed by atoms with Gasteiger partial charge in [-0.15, -0.1) is 0 Å². The lowest BCUT2D eigenvalue weighted by Gasteiger charge is -2.10. The van der Waals surface area contributed by atoms with Crippen LogP contribution in [0.5, 0.6) is 0 Å². The average molecular weight is 277 g/mol. The van der Waals surface area contributed by atoms with Crippen LogP contribution >= 0.6 is 11.6 Å². The van der Waals surface area contributed by atoms with Crippen molar-refractivity contribution < 1.29 is 4.92 Å². The fraction of sp³-hybridized carbons (Fsp3) is 0.143. The number of nitrogens with one attached hydrogen (secondary N) is 1. The molecule has 5 heteroatoms. The third-order valence-electron chi connectivity index (χ3n) is 2.80. The summed E-state index contributed by atoms with van der Waals surface area (Å²) in [5.41, 5.74) is 2.96. The Hall–Kier alpha value is -2.07. The fourth-order valence-electron chi connectivity index (χ4n) is 1.76. The first-order valence-corrected chi connectivity index (χ1v) is 6.17. The highest BCUT2D eigenvalue weighted by Gasteiger charge is 2.06. The molecule has 0 bridgehead atoms. The Labute approximate surface area is 116 Å². The molecule has 0 aliphatic heterocycles. The van der Waals surface area contributed by atoms with Crippen molar-refractivity contribution in [1.82, 2.24) is 0 Å². The van der Waals surface area contributed by atoms with Crippen molar-refractivity contribution in [3.8, 4) is 0 Å². The van der Waals surface area contributed by atoms with Crippen LogP contribution in [0.15, 0.2) is 42.5 Å². The first kappa shape index (κ1) is 13.4. The van der Waals surface area contributed by atoms with Gasteiger partial charge < -0.3 is 5.32 Å². The van der Waals surface area contributed by atoms with Gasteiger partial charge in [0.15, 0.2) is 0 Å². The largest absolute Gasteiger partial charge is 0.381 e. The van der Waals surface area contributed by atoms with E-state index in [0.717, 1.165) is 16.8 Å². The minimum Gasteiger partial charge on any atom is -0.381 e. The van der Waals surface area contributed by atoms with Crippen molar-refractivity contribution in [2.24, 2.45) is 0 Å². The number of hydrogen-bond donors (Lipinski definition) is 1. The average Bonchev–Trinajstić information content (AvgIpc) is 2.40. The van der Waals surface area contributed by atoms with Crippen LogP contribution in [0.4, 0.5) is 11.4 Å². The summed E-state index contributed by atoms with van der Waals surface area (Å²) in [4.78, 5) is 10.3. The van der Waals surface area contributed by atoms with Gasteiger partial charge in [0, 0.05) is 29.4 Å². The Morgan fingerprint density at radius 3 is 2.79 bits per heavy atom. The van der Waals surface area contributed by atoms with Gasteiger partial charge >= 0.3 is 0 Å². The molecule has 0 fully saturated rings. The summed E-state index contributed by atoms with van der Waals surface area (Å²) in [7, 11) is 0. The Morgan fingerprint density at radius 1 is 1.26 bits per heavy atom. The molecule has 19 heavy (non-hydrogen) atoms. The molecule has 0 unspecified atom stereocenters. The van der Waals surface area contributed by atoms with E-state index >= 15 is 0 Å². The van der Waals surface area contributed by atoms with Gasteiger partial charge in [-0.05, 0) is 30.2 Å². The predicted octanol–water partition coefficient (Wildman–Crippen LogP) is 4.17. The van der Waals surface area contributed by atoms with E-state index in [9.17, 15) is 10.1 Å². The lowest BCUT2D eigenvalue weighted by atomic mass is 10.1. The summed E-state index contributed by atoms with van der Waals surface area (Å²) in [6, 6.07) is 12.2. The number of nitro groups is 1. The van der Waals surface area contributed by atoms with E-state index < -0.39 is 4.92 Å². The predicted molar refractivity (Wildman–Crippen MR) is 76.6 cm³/mol. The van der Waals surface area contributed by atoms with Crippen molar-refractivity contribution in [2.45, 2.75) is 13.5 Å². The van der Waals surface area contributed by atoms with E-state index in [2.05, 4.69) is 5.32 Å². The van der Waals surface area contributed by atoms with Crippen molar-refractivity contribution in [2.75, 3.05) is 5.32 Å². The number of nitro benzene ring substituents is 1. The molecular formula is C14H13ClN2O2. The van der Waals surface area contributed by atoms with Gasteiger partial charge in [0.05, 0.1) is 4.92 Å². The maximum absolute atomic E-state index is 10.7. The van der Waals surface area contributed by atoms with Gasteiger partial charge in [-0.2, -0.15) is 0 Å². The lowest BCUT2D eigenvalue weighted by Crippen LogP contribution is -2.01. The SMILES string of the molecule is Cc1ccc(Cl)cc1NCc1cccc([N+](=O)[O-])c1. The second-order valence-corrected chi connectivity index (χ2v) is 4.68. The van der Waals surface area contributed by atoms with Crippen molar-refractivity contribution in [3.63, 3.8) is 0 Å². The Morgan fingerprint density at radius 2 is 2.05 bits per heavy atom. The summed E-state index contributed by atoms with van der Waals surface area (Å²) in [5.74, 6) is 0. The van der Waals surface area contributed by atoms with Crippen molar-refractivity contribution >= 4 is 23.0 Å². The molecule has 0 saturated heterocycles. The van der Waals surface area contributed by atoms with E-state index in [1.54, 1.807) is 12.1 Å². The Kier molecular flexibility index (Phi) is 4.02. The van der Waals surface area contributed by atoms with E-state index in [-0.39, 0.29) is 5.69 Å². The van der Waals surface area contributed by atoms with E-state index in [1.165, 1.54) is 6.07 Å². The highest BCUT2D eigenvalue weighted by molar-refractivity contribution is 6.30. The number of non-ortho nitro benzene ring substituents is 1. The maximum atomic E-state index is 10.7. The molecule has 0 aromatic heterocycles. The molecule has 1 N–H and O–H groups in total. The van der Waals surface area contributed by atoms with Gasteiger partial charge in [0.25, 0.3) is 5.69 Å². The first-order valence-electron chi connectivity index (χ1n) is 5.79. The van der Waals surface area contributed by atoms with Crippen LogP contribution < -0.4 is 5.32 Å². The van der Waals surface area contributed by atoms with E-state index in [0.29, 0.717) is 11.6 Å². The molecule has 0 radical (unpaired) electrons. The monoisotopic (exact) mass is 276 g/mol. The molecule has 2 aromatic rings. The summed E-state index contributed by atoms with van der Waals surface area (Å²) in [6.45, 7) is 2.50. The van der Waals surface area contributed by atoms with Gasteiger partial charge in [0.2, 0.25) is 0 Å². The third-order valence-corrected chi connectivity index (χ3v) is 3.04. The van der Waals surface area contributed by atoms with Crippen LogP contribution in [0.1, 0.15) is 11.1 Å². The fourth-order valence-corrected chi connectivity index (χ4v) is 1.93. The standard InChI is InChI=1S/C14H13ClN2O2/c1-10-5-6-12(15)8-14(10)16-9-11-3-2-4-13(7-11)17(18)19/h2-8,16H,9H2,1H3. The van der Waals surface area contributed by atoms with Crippen LogP contribution in [0.25, 0.3) is 0 Å². The van der Waals surface area contributed by atoms with Crippen LogP contribution in [0.2, 0.25) is 5.02 Å². The summed E-state index contributed by atoms with van der Waals surface area (Å²) in [6.07, 6.45) is 0. The van der Waals surface area contributed by atoms with Crippen LogP contribution in [-0.4, -0.2) is 4.92 Å². The Bertz CT molecular complexity index is 614. The minimum atomic E-state index is -0.395. The summed E-state index contributed by atoms with van der Waals surface area (Å²) < 4.78 is 0. The molecule has 0 heterocycles. The minimum absolute atomic E-state index is 0.0992. The molecule has 2 rings (SSSR count). The molecule has 0 spiro atoms. The lowest BCUT2D eigenvalue weighted by molar-refractivity contribution is -0.384. The van der Waals surface area contributed by atoms with Gasteiger partial charge in [-0.3, -0.25) is 10.1 Å². The summed E-state index contributed by atoms with van der Waals surface area (Å²) >= 11 is 5.94. The molecular weight excluding hydrogens is 264 g/mol. The highest BCUT2D eigenvalue weighted by Crippen LogP contribution is 2.21. The zero-order valence-electron chi connectivity index (χ0n) is 10.4. The number of aryl methyl sites for hydroxylation is 1. The second-order valence-electron chi connectivity index (χ2n) is 4.24. The first-order chi connectivity index (χ1) is 9.06. The molecule has 2 aromatic carbocycles. The second kappa shape index (κ2) is 5.71. The quantitative estimate of drug-likeness (QED) is 0.673. The third kappa shape index (κ3) is 3.45. The molecule has 0 saturated carbocycles. The molecule has 0 aliphatic rings.